The van der Waals surface area contributed by atoms with Gasteiger partial charge in [0.2, 0.25) is 6.54 Å². The molecule has 0 aromatic carbocycles. The van der Waals surface area contributed by atoms with Crippen molar-refractivity contribution in [3.05, 3.63) is 10.1 Å². The quantitative estimate of drug-likeness (QED) is 0.583. The molecule has 120 valence electrons. The highest BCUT2D eigenvalue weighted by Gasteiger charge is 2.66. The van der Waals surface area contributed by atoms with Crippen molar-refractivity contribution >= 4 is 0 Å². The molecule has 3 aliphatic rings. The fourth-order valence-electron chi connectivity index (χ4n) is 3.59. The SMILES string of the molecule is CC1(C)O[C@@H]2[C@H]3OC(C)(C)O[C@@H]3C[C@](O)(C[N+](=O)[O-])[C@@H]2O1. The van der Waals surface area contributed by atoms with Crippen LogP contribution in [0.25, 0.3) is 0 Å². The van der Waals surface area contributed by atoms with E-state index in [1.807, 2.05) is 0 Å². The normalized spacial score (nSPS) is 46.9. The summed E-state index contributed by atoms with van der Waals surface area (Å²) in [6.07, 6.45) is -2.17. The average molecular weight is 303 g/mol. The van der Waals surface area contributed by atoms with Gasteiger partial charge in [-0.05, 0) is 27.7 Å². The number of hydrogen-bond acceptors (Lipinski definition) is 7. The number of hydrogen-bond donors (Lipinski definition) is 1. The predicted octanol–water partition coefficient (Wildman–Crippen LogP) is 0.438. The highest BCUT2D eigenvalue weighted by molar-refractivity contribution is 5.10. The van der Waals surface area contributed by atoms with E-state index in [0.29, 0.717) is 0 Å². The van der Waals surface area contributed by atoms with Gasteiger partial charge in [-0.1, -0.05) is 0 Å². The van der Waals surface area contributed by atoms with Crippen molar-refractivity contribution < 1.29 is 29.0 Å². The van der Waals surface area contributed by atoms with E-state index in [4.69, 9.17) is 18.9 Å². The van der Waals surface area contributed by atoms with Crippen LogP contribution in [0, 0.1) is 10.1 Å². The van der Waals surface area contributed by atoms with Gasteiger partial charge in [-0.15, -0.1) is 0 Å². The molecule has 0 spiro atoms. The zero-order valence-corrected chi connectivity index (χ0v) is 12.6. The molecule has 8 heteroatoms. The van der Waals surface area contributed by atoms with Crippen molar-refractivity contribution in [1.82, 2.24) is 0 Å². The summed E-state index contributed by atoms with van der Waals surface area (Å²) in [5.41, 5.74) is -1.63. The highest BCUT2D eigenvalue weighted by Crippen LogP contribution is 2.48. The molecule has 0 aromatic heterocycles. The first-order valence-electron chi connectivity index (χ1n) is 7.07. The molecular formula is C13H21NO7. The van der Waals surface area contributed by atoms with Crippen LogP contribution in [0.2, 0.25) is 0 Å². The second kappa shape index (κ2) is 4.36. The van der Waals surface area contributed by atoms with Gasteiger partial charge in [-0.25, -0.2) is 0 Å². The molecule has 5 atom stereocenters. The average Bonchev–Trinajstić information content (AvgIpc) is 2.73. The minimum atomic E-state index is -1.63. The molecule has 1 N–H and O–H groups in total. The maximum Gasteiger partial charge on any atom is 0.234 e. The number of aliphatic hydroxyl groups is 1. The zero-order valence-electron chi connectivity index (χ0n) is 12.6. The van der Waals surface area contributed by atoms with Crippen LogP contribution in [0.15, 0.2) is 0 Å². The largest absolute Gasteiger partial charge is 0.380 e. The monoisotopic (exact) mass is 303 g/mol. The van der Waals surface area contributed by atoms with Crippen LogP contribution in [0.4, 0.5) is 0 Å². The highest BCUT2D eigenvalue weighted by atomic mass is 16.8. The molecule has 0 bridgehead atoms. The first kappa shape index (κ1) is 15.1. The van der Waals surface area contributed by atoms with Gasteiger partial charge < -0.3 is 24.1 Å². The zero-order chi connectivity index (χ0) is 15.6. The van der Waals surface area contributed by atoms with Gasteiger partial charge in [0, 0.05) is 11.3 Å². The lowest BCUT2D eigenvalue weighted by molar-refractivity contribution is -0.507. The lowest BCUT2D eigenvalue weighted by Crippen LogP contribution is -2.63. The summed E-state index contributed by atoms with van der Waals surface area (Å²) >= 11 is 0. The van der Waals surface area contributed by atoms with Crippen LogP contribution in [0.1, 0.15) is 34.1 Å². The lowest BCUT2D eigenvalue weighted by Gasteiger charge is -2.41. The third-order valence-electron chi connectivity index (χ3n) is 4.16. The molecule has 2 aliphatic heterocycles. The Bertz CT molecular complexity index is 465. The Balaban J connectivity index is 1.94. The number of nitrogens with zero attached hydrogens (tertiary/aromatic N) is 1. The van der Waals surface area contributed by atoms with Crippen molar-refractivity contribution in [3.8, 4) is 0 Å². The van der Waals surface area contributed by atoms with Crippen LogP contribution in [-0.4, -0.2) is 58.2 Å². The Morgan fingerprint density at radius 1 is 1.10 bits per heavy atom. The van der Waals surface area contributed by atoms with E-state index >= 15 is 0 Å². The van der Waals surface area contributed by atoms with Gasteiger partial charge in [-0.3, -0.25) is 10.1 Å². The topological polar surface area (TPSA) is 100 Å². The summed E-state index contributed by atoms with van der Waals surface area (Å²) in [5, 5.41) is 21.7. The van der Waals surface area contributed by atoms with Crippen LogP contribution >= 0.6 is 0 Å². The minimum absolute atomic E-state index is 0.0860. The van der Waals surface area contributed by atoms with Crippen LogP contribution in [0.5, 0.6) is 0 Å². The predicted molar refractivity (Wildman–Crippen MR) is 69.1 cm³/mol. The minimum Gasteiger partial charge on any atom is -0.380 e. The van der Waals surface area contributed by atoms with Crippen molar-refractivity contribution in [2.45, 2.75) is 75.7 Å². The smallest absolute Gasteiger partial charge is 0.234 e. The van der Waals surface area contributed by atoms with E-state index < -0.39 is 53.1 Å². The molecule has 2 heterocycles. The number of rotatable bonds is 2. The van der Waals surface area contributed by atoms with Crippen LogP contribution in [-0.2, 0) is 18.9 Å². The van der Waals surface area contributed by atoms with Crippen LogP contribution in [0.3, 0.4) is 0 Å². The molecule has 1 saturated carbocycles. The Morgan fingerprint density at radius 3 is 2.29 bits per heavy atom. The summed E-state index contributed by atoms with van der Waals surface area (Å²) in [6, 6.07) is 0. The maximum atomic E-state index is 10.9. The van der Waals surface area contributed by atoms with Crippen molar-refractivity contribution in [2.75, 3.05) is 6.54 Å². The Morgan fingerprint density at radius 2 is 1.67 bits per heavy atom. The second-order valence-electron chi connectivity index (χ2n) is 6.96. The molecule has 0 aromatic rings. The Labute approximate surface area is 122 Å². The van der Waals surface area contributed by atoms with Gasteiger partial charge in [-0.2, -0.15) is 0 Å². The summed E-state index contributed by atoms with van der Waals surface area (Å²) < 4.78 is 23.2. The van der Waals surface area contributed by atoms with Gasteiger partial charge in [0.25, 0.3) is 0 Å². The van der Waals surface area contributed by atoms with E-state index in [0.717, 1.165) is 0 Å². The van der Waals surface area contributed by atoms with Crippen molar-refractivity contribution in [3.63, 3.8) is 0 Å². The van der Waals surface area contributed by atoms with E-state index in [1.54, 1.807) is 27.7 Å². The van der Waals surface area contributed by atoms with Crippen LogP contribution < -0.4 is 0 Å². The molecule has 0 radical (unpaired) electrons. The molecule has 3 rings (SSSR count). The third-order valence-corrected chi connectivity index (χ3v) is 4.16. The summed E-state index contributed by atoms with van der Waals surface area (Å²) in [7, 11) is 0. The maximum absolute atomic E-state index is 10.9. The van der Waals surface area contributed by atoms with E-state index in [1.165, 1.54) is 0 Å². The first-order valence-corrected chi connectivity index (χ1v) is 7.07. The molecule has 8 nitrogen and oxygen atoms in total. The molecule has 1 aliphatic carbocycles. The third kappa shape index (κ3) is 2.55. The summed E-state index contributed by atoms with van der Waals surface area (Å²) in [6.45, 7) is 6.37. The summed E-state index contributed by atoms with van der Waals surface area (Å²) in [4.78, 5) is 10.4. The first-order chi connectivity index (χ1) is 9.51. The Kier molecular flexibility index (Phi) is 3.14. The fourth-order valence-corrected chi connectivity index (χ4v) is 3.59. The number of fused-ring (bicyclic) bond motifs is 3. The van der Waals surface area contributed by atoms with Crippen molar-refractivity contribution in [2.24, 2.45) is 0 Å². The number of nitro groups is 1. The molecule has 0 amide bonds. The van der Waals surface area contributed by atoms with E-state index in [9.17, 15) is 15.2 Å². The van der Waals surface area contributed by atoms with Crippen molar-refractivity contribution in [1.29, 1.82) is 0 Å². The fraction of sp³-hybridized carbons (Fsp3) is 1.00. The molecular weight excluding hydrogens is 282 g/mol. The van der Waals surface area contributed by atoms with Gasteiger partial charge >= 0.3 is 0 Å². The van der Waals surface area contributed by atoms with E-state index in [2.05, 4.69) is 0 Å². The molecule has 2 saturated heterocycles. The molecule has 21 heavy (non-hydrogen) atoms. The standard InChI is InChI=1S/C13H21NO7/c1-11(2)18-7-5-13(15,6-14(16)17)10-9(8(7)19-11)20-12(3,4)21-10/h7-10,15H,5-6H2,1-4H3/t7-,8+,9-,10-,13+/m1/s1. The van der Waals surface area contributed by atoms with E-state index in [-0.39, 0.29) is 6.42 Å². The molecule has 0 unspecified atom stereocenters. The lowest BCUT2D eigenvalue weighted by atomic mass is 9.77. The van der Waals surface area contributed by atoms with Gasteiger partial charge in [0.15, 0.2) is 17.2 Å². The summed E-state index contributed by atoms with van der Waals surface area (Å²) in [5.74, 6) is -1.74. The second-order valence-corrected chi connectivity index (χ2v) is 6.96. The van der Waals surface area contributed by atoms with Gasteiger partial charge in [0.05, 0.1) is 6.10 Å². The van der Waals surface area contributed by atoms with Gasteiger partial charge in [0.1, 0.15) is 18.3 Å². The number of ether oxygens (including phenoxy) is 4. The Hall–Kier alpha value is -0.800. The molecule has 3 fully saturated rings.